The van der Waals surface area contributed by atoms with Crippen LogP contribution in [0.3, 0.4) is 0 Å². The Balaban J connectivity index is 1.57. The molecule has 0 saturated carbocycles. The molecule has 2 fully saturated rings. The van der Waals surface area contributed by atoms with Crippen LogP contribution >= 0.6 is 23.8 Å². The zero-order valence-corrected chi connectivity index (χ0v) is 19.1. The second-order valence-electron chi connectivity index (χ2n) is 8.05. The predicted molar refractivity (Wildman–Crippen MR) is 116 cm³/mol. The number of halogens is 7. The van der Waals surface area contributed by atoms with Crippen LogP contribution in [-0.4, -0.2) is 52.8 Å². The van der Waals surface area contributed by atoms with Gasteiger partial charge in [0.25, 0.3) is 5.91 Å². The molecule has 0 radical (unpaired) electrons. The molecule has 2 N–H and O–H groups in total. The molecule has 1 aromatic carbocycles. The van der Waals surface area contributed by atoms with Crippen molar-refractivity contribution < 1.29 is 36.0 Å². The minimum Gasteiger partial charge on any atom is -0.362 e. The van der Waals surface area contributed by atoms with Gasteiger partial charge in [0, 0.05) is 36.1 Å². The quantitative estimate of drug-likeness (QED) is 0.454. The highest BCUT2D eigenvalue weighted by Gasteiger charge is 2.59. The number of thiocarbonyl (C=S) groups is 1. The highest BCUT2D eigenvalue weighted by atomic mass is 35.5. The number of hydrogen-bond acceptors (Lipinski definition) is 6. The van der Waals surface area contributed by atoms with Gasteiger partial charge in [0.05, 0.1) is 5.56 Å². The number of nitrogens with zero attached hydrogens (tertiary/aromatic N) is 3. The van der Waals surface area contributed by atoms with E-state index in [1.54, 1.807) is 0 Å². The average molecular weight is 540 g/mol. The Morgan fingerprint density at radius 3 is 2.46 bits per heavy atom. The number of aromatic nitrogens is 2. The minimum atomic E-state index is -4.87. The van der Waals surface area contributed by atoms with E-state index in [1.165, 1.54) is 17.3 Å². The van der Waals surface area contributed by atoms with Gasteiger partial charge in [0.1, 0.15) is 23.1 Å². The van der Waals surface area contributed by atoms with Crippen LogP contribution in [-0.2, 0) is 21.2 Å². The molecule has 0 spiro atoms. The lowest BCUT2D eigenvalue weighted by Crippen LogP contribution is -2.45. The lowest BCUT2D eigenvalue weighted by Gasteiger charge is -2.33. The number of anilines is 1. The predicted octanol–water partition coefficient (Wildman–Crippen LogP) is 3.55. The summed E-state index contributed by atoms with van der Waals surface area (Å²) in [5.74, 6) is -0.470. The number of rotatable bonds is 4. The van der Waals surface area contributed by atoms with Crippen molar-refractivity contribution in [3.8, 4) is 0 Å². The maximum absolute atomic E-state index is 14.3. The van der Waals surface area contributed by atoms with Gasteiger partial charge in [0.15, 0.2) is 0 Å². The van der Waals surface area contributed by atoms with Crippen molar-refractivity contribution in [3.05, 3.63) is 52.3 Å². The molecule has 0 bridgehead atoms. The van der Waals surface area contributed by atoms with E-state index in [0.29, 0.717) is 17.7 Å². The summed E-state index contributed by atoms with van der Waals surface area (Å²) in [4.78, 5) is 25.9. The van der Waals surface area contributed by atoms with Crippen LogP contribution in [0.2, 0.25) is 5.02 Å². The van der Waals surface area contributed by atoms with E-state index in [0.717, 1.165) is 6.07 Å². The normalized spacial score (nSPS) is 22.9. The molecule has 2 aliphatic rings. The van der Waals surface area contributed by atoms with Crippen LogP contribution in [0.15, 0.2) is 30.6 Å². The Morgan fingerprint density at radius 2 is 1.89 bits per heavy atom. The van der Waals surface area contributed by atoms with Crippen molar-refractivity contribution >= 4 is 40.7 Å². The van der Waals surface area contributed by atoms with E-state index >= 15 is 0 Å². The number of alkyl halides is 6. The topological polar surface area (TPSA) is 79.4 Å². The third-order valence-electron chi connectivity index (χ3n) is 5.82. The Hall–Kier alpha value is -2.71. The van der Waals surface area contributed by atoms with Crippen LogP contribution in [0.5, 0.6) is 0 Å². The number of amides is 1. The number of carbonyl (C=O) groups is 1. The van der Waals surface area contributed by atoms with Gasteiger partial charge in [-0.2, -0.15) is 26.3 Å². The molecule has 0 aliphatic carbocycles. The van der Waals surface area contributed by atoms with Gasteiger partial charge >= 0.3 is 12.4 Å². The van der Waals surface area contributed by atoms with Crippen molar-refractivity contribution in [2.24, 2.45) is 0 Å². The van der Waals surface area contributed by atoms with Gasteiger partial charge in [0.2, 0.25) is 5.95 Å². The molecule has 3 heterocycles. The molecule has 2 atom stereocenters. The van der Waals surface area contributed by atoms with Gasteiger partial charge in [-0.15, -0.1) is 0 Å². The monoisotopic (exact) mass is 539 g/mol. The van der Waals surface area contributed by atoms with Crippen molar-refractivity contribution in [3.63, 3.8) is 0 Å². The first kappa shape index (κ1) is 25.4. The summed E-state index contributed by atoms with van der Waals surface area (Å²) in [7, 11) is 0. The zero-order chi connectivity index (χ0) is 25.6. The molecule has 2 unspecified atom stereocenters. The molecule has 188 valence electrons. The van der Waals surface area contributed by atoms with E-state index in [-0.39, 0.29) is 24.1 Å². The van der Waals surface area contributed by atoms with E-state index in [9.17, 15) is 31.1 Å². The second kappa shape index (κ2) is 9.06. The first-order valence-corrected chi connectivity index (χ1v) is 10.8. The Labute approximate surface area is 204 Å². The summed E-state index contributed by atoms with van der Waals surface area (Å²) in [6.07, 6.45) is -7.69. The maximum atomic E-state index is 14.3. The largest absolute Gasteiger partial charge is 0.416 e. The third-order valence-corrected chi connectivity index (χ3v) is 6.39. The summed E-state index contributed by atoms with van der Waals surface area (Å²) >= 11 is 11.0. The number of hydrogen-bond donors (Lipinski definition) is 2. The summed E-state index contributed by atoms with van der Waals surface area (Å²) in [5, 5.41) is 2.31. The lowest BCUT2D eigenvalue weighted by atomic mass is 9.78. The molecule has 15 heteroatoms. The lowest BCUT2D eigenvalue weighted by molar-refractivity contribution is -0.184. The number of benzene rings is 1. The zero-order valence-electron chi connectivity index (χ0n) is 17.5. The molecular formula is C20H16ClF6N5O2S. The van der Waals surface area contributed by atoms with Crippen molar-refractivity contribution in [1.82, 2.24) is 20.8 Å². The molecule has 35 heavy (non-hydrogen) atoms. The summed E-state index contributed by atoms with van der Waals surface area (Å²) in [6.45, 7) is -0.810. The van der Waals surface area contributed by atoms with Gasteiger partial charge < -0.3 is 10.2 Å². The van der Waals surface area contributed by atoms with Gasteiger partial charge in [-0.25, -0.2) is 15.4 Å². The summed E-state index contributed by atoms with van der Waals surface area (Å²) in [5.41, 5.74) is -1.97. The smallest absolute Gasteiger partial charge is 0.362 e. The van der Waals surface area contributed by atoms with E-state index < -0.39 is 58.8 Å². The van der Waals surface area contributed by atoms with E-state index in [2.05, 4.69) is 20.8 Å². The van der Waals surface area contributed by atoms with Crippen molar-refractivity contribution in [2.45, 2.75) is 30.2 Å². The maximum Gasteiger partial charge on any atom is 0.416 e. The van der Waals surface area contributed by atoms with Crippen molar-refractivity contribution in [1.29, 1.82) is 0 Å². The second-order valence-corrected chi connectivity index (χ2v) is 8.90. The molecule has 4 rings (SSSR count). The highest BCUT2D eigenvalue weighted by molar-refractivity contribution is 7.80. The van der Waals surface area contributed by atoms with E-state index in [1.807, 2.05) is 0 Å². The fourth-order valence-electron chi connectivity index (χ4n) is 3.93. The summed E-state index contributed by atoms with van der Waals surface area (Å²) in [6, 6.07) is 1.26. The average Bonchev–Trinajstić information content (AvgIpc) is 3.40. The van der Waals surface area contributed by atoms with Crippen LogP contribution in [0.4, 0.5) is 32.3 Å². The van der Waals surface area contributed by atoms with Gasteiger partial charge in [-0.1, -0.05) is 23.8 Å². The number of carbonyl (C=O) groups excluding carboxylic acids is 1. The Morgan fingerprint density at radius 1 is 1.20 bits per heavy atom. The Bertz CT molecular complexity index is 1150. The third kappa shape index (κ3) is 5.00. The Kier molecular flexibility index (Phi) is 6.57. The fraction of sp³-hybridized carbons (Fsp3) is 0.400. The van der Waals surface area contributed by atoms with Crippen LogP contribution < -0.4 is 15.7 Å². The first-order chi connectivity index (χ1) is 16.3. The summed E-state index contributed by atoms with van der Waals surface area (Å²) < 4.78 is 82.6. The number of hydroxylamine groups is 1. The number of nitrogens with one attached hydrogen (secondary N) is 2. The van der Waals surface area contributed by atoms with Crippen LogP contribution in [0.25, 0.3) is 0 Å². The fourth-order valence-corrected chi connectivity index (χ4v) is 4.42. The first-order valence-electron chi connectivity index (χ1n) is 10.0. The minimum absolute atomic E-state index is 0.0464. The highest BCUT2D eigenvalue weighted by Crippen LogP contribution is 2.49. The van der Waals surface area contributed by atoms with Crippen molar-refractivity contribution in [2.75, 3.05) is 24.6 Å². The van der Waals surface area contributed by atoms with Crippen LogP contribution in [0.1, 0.15) is 23.1 Å². The molecule has 2 aromatic rings. The van der Waals surface area contributed by atoms with E-state index in [4.69, 9.17) is 28.7 Å². The molecule has 1 amide bonds. The molecular weight excluding hydrogens is 524 g/mol. The molecule has 1 aromatic heterocycles. The molecule has 2 aliphatic heterocycles. The molecule has 7 nitrogen and oxygen atoms in total. The van der Waals surface area contributed by atoms with Gasteiger partial charge in [-0.05, 0) is 30.2 Å². The molecule has 2 saturated heterocycles. The van der Waals surface area contributed by atoms with Gasteiger partial charge in [-0.3, -0.25) is 9.63 Å². The standard InChI is InChI=1S/C20H16ClF6N5O2S/c21-13-4-11(3-12(5-13)19(22,23)24)18(20(25,26)27)1-2-32(9-18)17-28-6-10(7-29-17)16(35)30-14-8-34-31-15(14)33/h3-7,14H,1-2,8-9H2,(H,30,35)(H,31,33). The van der Waals surface area contributed by atoms with Crippen LogP contribution in [0, 0.1) is 0 Å². The SMILES string of the molecule is O=C1NOCC1NC(=S)c1cnc(N2CCC(c3cc(Cl)cc(C(F)(F)F)c3)(C(F)(F)F)C2)nc1.